The van der Waals surface area contributed by atoms with Crippen LogP contribution in [0.5, 0.6) is 5.75 Å². The van der Waals surface area contributed by atoms with Crippen LogP contribution in [0.15, 0.2) is 97.5 Å². The topological polar surface area (TPSA) is 320 Å². The van der Waals surface area contributed by atoms with E-state index >= 15 is 44.7 Å². The van der Waals surface area contributed by atoms with Crippen molar-refractivity contribution in [2.45, 2.75) is 167 Å². The molecule has 113 heavy (non-hydrogen) atoms. The van der Waals surface area contributed by atoms with E-state index in [1.807, 2.05) is 5.32 Å². The third-order valence-electron chi connectivity index (χ3n) is 19.8. The number of nitrogens with zero attached hydrogens (tertiary/aromatic N) is 7. The second-order valence-corrected chi connectivity index (χ2v) is 30.4. The van der Waals surface area contributed by atoms with Gasteiger partial charge in [-0.15, -0.1) is 0 Å². The highest BCUT2D eigenvalue weighted by Crippen LogP contribution is 2.47. The van der Waals surface area contributed by atoms with E-state index in [1.54, 1.807) is 5.32 Å². The zero-order valence-corrected chi connectivity index (χ0v) is 63.2. The Balaban J connectivity index is 1.16. The summed E-state index contributed by atoms with van der Waals surface area (Å²) < 4.78 is 218. The zero-order chi connectivity index (χ0) is 83.0. The maximum atomic E-state index is 16.9. The first kappa shape index (κ1) is 86.9. The molecule has 5 amide bonds. The first-order valence-electron chi connectivity index (χ1n) is 35.1. The number of hydrogen-bond donors (Lipinski definition) is 7. The van der Waals surface area contributed by atoms with Crippen LogP contribution in [0, 0.1) is 41.2 Å². The molecule has 0 saturated carbocycles. The van der Waals surface area contributed by atoms with Crippen molar-refractivity contribution in [3.8, 4) is 28.8 Å². The normalized spacial score (nSPS) is 16.8. The highest BCUT2D eigenvalue weighted by Gasteiger charge is 2.58. The second-order valence-electron chi connectivity index (χ2n) is 29.2. The predicted molar refractivity (Wildman–Crippen MR) is 380 cm³/mol. The van der Waals surface area contributed by atoms with Gasteiger partial charge in [-0.2, -0.15) is 40.2 Å². The first-order valence-corrected chi connectivity index (χ1v) is 36.6. The van der Waals surface area contributed by atoms with Gasteiger partial charge in [-0.1, -0.05) is 68.2 Å². The van der Waals surface area contributed by atoms with Gasteiger partial charge in [-0.25, -0.2) is 51.4 Å². The standard InChI is InChI=1S/C74H83F12N12O14P/c1-40-24-47(29-58(99)87-31-43-16-18-45(19-17-43)63(77)78)60(56(25-40)112-113(105,106)107)70(2,3)30-59(100)111-57(37-96(94-65(102)62(92-69(104)109-9)72(6,7)74(84,85)86)36-51-52(75)27-46(28-53(51)76)54-22-23-97(93-54)66(79)80)55(90-64(101)61(91-68(103)108-8)71(4,5)73(81,82)83)26-42-13-10-41(11-14-42)12-15-44-32-88-67(89-33-44)95-34-48-20-21-49(35-95)98(48)50-38-110-39-50/h10-11,13-14,16-19,22-25,27-28,32-33,48-50,55,57,61-63,66H,20-21,26,29-31,34-39H2,1-9H3,(H,87,99)(H,90,101)(H,91,103)(H,92,104)(H,94,102)(H2,105,106,107)/t48?,49?,55-,57-,61+,62+/m0/s1. The van der Waals surface area contributed by atoms with Crippen LogP contribution in [0.2, 0.25) is 0 Å². The van der Waals surface area contributed by atoms with Gasteiger partial charge >= 0.3 is 44.9 Å². The van der Waals surface area contributed by atoms with Gasteiger partial charge in [0.2, 0.25) is 17.8 Å². The molecule has 2 unspecified atom stereocenters. The molecule has 0 aliphatic carbocycles. The molecule has 5 heterocycles. The molecule has 39 heteroatoms. The summed E-state index contributed by atoms with van der Waals surface area (Å²) in [5, 5.41) is 12.7. The molecule has 7 N–H and O–H groups in total. The number of piperazine rings is 1. The molecule has 26 nitrogen and oxygen atoms in total. The van der Waals surface area contributed by atoms with E-state index in [4.69, 9.17) is 14.0 Å². The number of fused-ring (bicyclic) bond motifs is 2. The van der Waals surface area contributed by atoms with Crippen molar-refractivity contribution >= 4 is 49.6 Å². The lowest BCUT2D eigenvalue weighted by Crippen LogP contribution is -2.64. The lowest BCUT2D eigenvalue weighted by atomic mass is 9.77. The largest absolute Gasteiger partial charge is 0.524 e. The van der Waals surface area contributed by atoms with Crippen LogP contribution in [0.4, 0.5) is 68.2 Å². The summed E-state index contributed by atoms with van der Waals surface area (Å²) in [5.74, 6) is -3.16. The van der Waals surface area contributed by atoms with Crippen LogP contribution >= 0.6 is 7.82 Å². The predicted octanol–water partition coefficient (Wildman–Crippen LogP) is 10.5. The minimum absolute atomic E-state index is 0.0657. The fourth-order valence-electron chi connectivity index (χ4n) is 13.5. The molecule has 3 saturated heterocycles. The molecular formula is C74H83F12N12O14P. The molecule has 0 spiro atoms. The van der Waals surface area contributed by atoms with Crippen molar-refractivity contribution in [3.05, 3.63) is 159 Å². The van der Waals surface area contributed by atoms with E-state index in [0.29, 0.717) is 112 Å². The highest BCUT2D eigenvalue weighted by atomic mass is 31.2. The number of anilines is 1. The molecule has 9 rings (SSSR count). The fourth-order valence-corrected chi connectivity index (χ4v) is 13.9. The number of phosphoric ester groups is 1. The zero-order valence-electron chi connectivity index (χ0n) is 62.3. The second kappa shape index (κ2) is 35.5. The Morgan fingerprint density at radius 2 is 1.28 bits per heavy atom. The number of alkyl halides is 10. The molecule has 612 valence electrons. The average molecular weight is 1620 g/mol. The quantitative estimate of drug-likeness (QED) is 0.00550. The van der Waals surface area contributed by atoms with Gasteiger partial charge in [0.05, 0.1) is 81.0 Å². The van der Waals surface area contributed by atoms with Crippen LogP contribution in [-0.4, -0.2) is 177 Å². The molecule has 2 bridgehead atoms. The van der Waals surface area contributed by atoms with Gasteiger partial charge < -0.3 is 49.6 Å². The molecular weight excluding hydrogens is 1540 g/mol. The lowest BCUT2D eigenvalue weighted by molar-refractivity contribution is -0.221. The number of nitrogens with one attached hydrogen (secondary N) is 5. The van der Waals surface area contributed by atoms with Gasteiger partial charge in [0.15, 0.2) is 0 Å². The average Bonchev–Trinajstić information content (AvgIpc) is 1.72. The number of alkyl carbamates (subject to hydrolysis) is 2. The number of rotatable bonds is 30. The number of halogens is 12. The number of methoxy groups -OCH3 is 2. The summed E-state index contributed by atoms with van der Waals surface area (Å²) in [6, 6.07) is 8.60. The van der Waals surface area contributed by atoms with Crippen LogP contribution < -0.4 is 36.1 Å². The monoisotopic (exact) mass is 1620 g/mol. The van der Waals surface area contributed by atoms with Gasteiger partial charge in [0.25, 0.3) is 12.3 Å². The molecule has 6 atom stereocenters. The molecule has 4 aromatic carbocycles. The number of carbonyl (C=O) groups excluding carboxylic acids is 6. The summed E-state index contributed by atoms with van der Waals surface area (Å²) in [7, 11) is -4.11. The molecule has 3 aliphatic rings. The number of hydrazine groups is 1. The Hall–Kier alpha value is -10.1. The number of esters is 1. The molecule has 3 fully saturated rings. The minimum atomic E-state index is -5.59. The maximum Gasteiger partial charge on any atom is 0.524 e. The van der Waals surface area contributed by atoms with Crippen molar-refractivity contribution < 1.29 is 119 Å². The summed E-state index contributed by atoms with van der Waals surface area (Å²) in [4.78, 5) is 120. The number of aryl methyl sites for hydroxylation is 1. The first-order chi connectivity index (χ1) is 52.8. The van der Waals surface area contributed by atoms with E-state index in [2.05, 4.69) is 62.2 Å². The number of phosphoric acid groups is 1. The highest BCUT2D eigenvalue weighted by molar-refractivity contribution is 7.46. The van der Waals surface area contributed by atoms with Crippen molar-refractivity contribution in [1.82, 2.24) is 56.4 Å². The SMILES string of the molecule is COC(=O)N[C@H](C(=O)N[C@@H](Cc1ccc(C#Cc2cnc(N3CC4CCC(C3)N4C3COC3)nc2)cc1)[C@H](CN(Cc1c(F)cc(-c2ccn(C(F)F)n2)cc1F)NC(=O)[C@@H](NC(=O)OC)C(C)(C)C(F)(F)F)OC(=O)CC(C)(C)c1c(CC(=O)NCc2ccc(C(F)F)cc2)cc(C)cc1OP(=O)(O)O)C(C)(C)C(F)(F)F. The van der Waals surface area contributed by atoms with Gasteiger partial charge in [0, 0.05) is 90.1 Å². The summed E-state index contributed by atoms with van der Waals surface area (Å²) in [6.07, 6.45) is -15.7. The Bertz CT molecular complexity index is 4500. The van der Waals surface area contributed by atoms with E-state index in [9.17, 15) is 51.1 Å². The van der Waals surface area contributed by atoms with Crippen LogP contribution in [0.3, 0.4) is 0 Å². The summed E-state index contributed by atoms with van der Waals surface area (Å²) in [5.41, 5.74) is -7.72. The third-order valence-corrected chi connectivity index (χ3v) is 20.2. The molecule has 0 radical (unpaired) electrons. The van der Waals surface area contributed by atoms with E-state index in [-0.39, 0.29) is 39.0 Å². The van der Waals surface area contributed by atoms with Crippen molar-refractivity contribution in [2.75, 3.05) is 52.0 Å². The summed E-state index contributed by atoms with van der Waals surface area (Å²) in [6.45, 7) is 2.54. The van der Waals surface area contributed by atoms with Crippen LogP contribution in [0.25, 0.3) is 11.3 Å². The van der Waals surface area contributed by atoms with Crippen LogP contribution in [0.1, 0.15) is 124 Å². The van der Waals surface area contributed by atoms with E-state index < -0.39 is 176 Å². The number of aromatic nitrogens is 4. The number of carbonyl (C=O) groups is 6. The fraction of sp³-hybridized carbons (Fsp3) is 0.473. The van der Waals surface area contributed by atoms with Crippen LogP contribution in [-0.2, 0) is 74.0 Å². The van der Waals surface area contributed by atoms with Crippen molar-refractivity contribution in [3.63, 3.8) is 0 Å². The number of amides is 5. The smallest absolute Gasteiger partial charge is 0.459 e. The van der Waals surface area contributed by atoms with Crippen molar-refractivity contribution in [1.29, 1.82) is 0 Å². The Labute approximate surface area is 640 Å². The number of hydrogen-bond acceptors (Lipinski definition) is 18. The molecule has 6 aromatic rings. The molecule has 2 aromatic heterocycles. The van der Waals surface area contributed by atoms with E-state index in [1.165, 1.54) is 75.6 Å². The Morgan fingerprint density at radius 1 is 0.726 bits per heavy atom. The summed E-state index contributed by atoms with van der Waals surface area (Å²) >= 11 is 0. The maximum absolute atomic E-state index is 16.9. The number of benzene rings is 4. The Kier molecular flexibility index (Phi) is 27.3. The van der Waals surface area contributed by atoms with E-state index in [0.717, 1.165) is 57.5 Å². The van der Waals surface area contributed by atoms with Gasteiger partial charge in [-0.05, 0) is 113 Å². The minimum Gasteiger partial charge on any atom is -0.459 e. The van der Waals surface area contributed by atoms with Crippen molar-refractivity contribution in [2.24, 2.45) is 10.8 Å². The Morgan fingerprint density at radius 3 is 1.80 bits per heavy atom. The third kappa shape index (κ3) is 21.8. The lowest BCUT2D eigenvalue weighted by Gasteiger charge is -2.47. The number of ether oxygens (including phenoxy) is 4. The van der Waals surface area contributed by atoms with Gasteiger partial charge in [0.1, 0.15) is 35.6 Å². The molecule has 3 aliphatic heterocycles. The van der Waals surface area contributed by atoms with Gasteiger partial charge in [-0.3, -0.25) is 39.3 Å².